The maximum absolute atomic E-state index is 10.8. The molecule has 0 spiro atoms. The number of hydrogen-bond donors (Lipinski definition) is 1. The number of aliphatic carboxylic acids is 1. The average molecular weight is 268 g/mol. The van der Waals surface area contributed by atoms with Crippen LogP contribution in [0.4, 0.5) is 0 Å². The maximum atomic E-state index is 10.8. The lowest BCUT2D eigenvalue weighted by Crippen LogP contribution is -2.22. The average Bonchev–Trinajstić information content (AvgIpc) is 2.97. The van der Waals surface area contributed by atoms with Crippen molar-refractivity contribution in [3.63, 3.8) is 0 Å². The van der Waals surface area contributed by atoms with Crippen LogP contribution in [0.3, 0.4) is 0 Å². The second kappa shape index (κ2) is 4.92. The van der Waals surface area contributed by atoms with Crippen molar-refractivity contribution in [3.05, 3.63) is 11.7 Å². The van der Waals surface area contributed by atoms with Crippen LogP contribution in [0.2, 0.25) is 0 Å². The molecule has 1 N–H and O–H groups in total. The lowest BCUT2D eigenvalue weighted by Gasteiger charge is -2.27. The molecule has 0 aromatic carbocycles. The zero-order valence-electron chi connectivity index (χ0n) is 11.7. The van der Waals surface area contributed by atoms with Gasteiger partial charge in [-0.1, -0.05) is 25.9 Å². The summed E-state index contributed by atoms with van der Waals surface area (Å²) < 4.78 is 10.9. The van der Waals surface area contributed by atoms with Crippen LogP contribution in [0, 0.1) is 11.3 Å². The highest BCUT2D eigenvalue weighted by atomic mass is 16.5. The first-order chi connectivity index (χ1) is 8.84. The fraction of sp³-hybridized carbons (Fsp3) is 0.769. The quantitative estimate of drug-likeness (QED) is 0.882. The van der Waals surface area contributed by atoms with Crippen LogP contribution in [0.1, 0.15) is 57.9 Å². The zero-order valence-corrected chi connectivity index (χ0v) is 11.7. The molecule has 1 aliphatic carbocycles. The highest BCUT2D eigenvalue weighted by molar-refractivity contribution is 5.74. The molecule has 19 heavy (non-hydrogen) atoms. The van der Waals surface area contributed by atoms with E-state index in [-0.39, 0.29) is 23.4 Å². The van der Waals surface area contributed by atoms with Gasteiger partial charge in [0.25, 0.3) is 0 Å². The first kappa shape index (κ1) is 14.0. The van der Waals surface area contributed by atoms with Crippen LogP contribution in [-0.4, -0.2) is 27.8 Å². The van der Waals surface area contributed by atoms with Crippen LogP contribution in [0.25, 0.3) is 0 Å². The maximum Gasteiger partial charge on any atom is 0.307 e. The highest BCUT2D eigenvalue weighted by Crippen LogP contribution is 2.47. The lowest BCUT2D eigenvalue weighted by molar-refractivity contribution is -0.138. The van der Waals surface area contributed by atoms with E-state index in [1.54, 1.807) is 0 Å². The Labute approximate surface area is 112 Å². The summed E-state index contributed by atoms with van der Waals surface area (Å²) in [4.78, 5) is 15.2. The molecule has 1 saturated carbocycles. The molecule has 1 aliphatic rings. The molecule has 3 atom stereocenters. The van der Waals surface area contributed by atoms with Gasteiger partial charge in [-0.2, -0.15) is 4.98 Å². The third-order valence-electron chi connectivity index (χ3n) is 3.24. The van der Waals surface area contributed by atoms with Crippen LogP contribution < -0.4 is 0 Å². The fourth-order valence-electron chi connectivity index (χ4n) is 2.12. The number of hydrogen-bond acceptors (Lipinski definition) is 5. The lowest BCUT2D eigenvalue weighted by atomic mass is 9.88. The van der Waals surface area contributed by atoms with E-state index in [1.807, 2.05) is 27.7 Å². The molecule has 6 heteroatoms. The first-order valence-corrected chi connectivity index (χ1v) is 6.52. The van der Waals surface area contributed by atoms with E-state index in [9.17, 15) is 4.79 Å². The standard InChI is InChI=1S/C13H20N2O4/c1-5-18-9(13(2,3)4)10-14-11(19-15-10)7-6-8(7)12(16)17/h7-9H,5-6H2,1-4H3,(H,16,17). The van der Waals surface area contributed by atoms with E-state index in [0.29, 0.717) is 24.7 Å². The molecule has 2 rings (SSSR count). The van der Waals surface area contributed by atoms with Gasteiger partial charge in [-0.3, -0.25) is 4.79 Å². The molecule has 1 aromatic heterocycles. The van der Waals surface area contributed by atoms with Gasteiger partial charge in [0.05, 0.1) is 11.8 Å². The SMILES string of the molecule is CCOC(c1noc(C2CC2C(=O)O)n1)C(C)(C)C. The largest absolute Gasteiger partial charge is 0.481 e. The molecule has 0 amide bonds. The minimum atomic E-state index is -0.804. The molecule has 1 fully saturated rings. The first-order valence-electron chi connectivity index (χ1n) is 6.52. The number of carboxylic acid groups (broad SMARTS) is 1. The number of rotatable bonds is 5. The van der Waals surface area contributed by atoms with Crippen LogP contribution in [-0.2, 0) is 9.53 Å². The Morgan fingerprint density at radius 1 is 1.58 bits per heavy atom. The van der Waals surface area contributed by atoms with E-state index in [4.69, 9.17) is 14.4 Å². The highest BCUT2D eigenvalue weighted by Gasteiger charge is 2.48. The summed E-state index contributed by atoms with van der Waals surface area (Å²) in [6.07, 6.45) is 0.322. The smallest absolute Gasteiger partial charge is 0.307 e. The minimum Gasteiger partial charge on any atom is -0.481 e. The normalized spacial score (nSPS) is 24.2. The molecular weight excluding hydrogens is 248 g/mol. The number of nitrogens with zero attached hydrogens (tertiary/aromatic N) is 2. The van der Waals surface area contributed by atoms with Crippen molar-refractivity contribution in [2.75, 3.05) is 6.61 Å². The minimum absolute atomic E-state index is 0.138. The number of carbonyl (C=O) groups is 1. The van der Waals surface area contributed by atoms with E-state index in [0.717, 1.165) is 0 Å². The summed E-state index contributed by atoms with van der Waals surface area (Å²) >= 11 is 0. The summed E-state index contributed by atoms with van der Waals surface area (Å²) in [5.41, 5.74) is -0.146. The van der Waals surface area contributed by atoms with Crippen molar-refractivity contribution in [2.24, 2.45) is 11.3 Å². The van der Waals surface area contributed by atoms with Crippen molar-refractivity contribution in [2.45, 2.75) is 46.1 Å². The Morgan fingerprint density at radius 2 is 2.26 bits per heavy atom. The molecular formula is C13H20N2O4. The van der Waals surface area contributed by atoms with Gasteiger partial charge in [-0.15, -0.1) is 0 Å². The number of aromatic nitrogens is 2. The fourth-order valence-corrected chi connectivity index (χ4v) is 2.12. The molecule has 0 saturated heterocycles. The van der Waals surface area contributed by atoms with Crippen molar-refractivity contribution in [1.82, 2.24) is 10.1 Å². The molecule has 0 bridgehead atoms. The van der Waals surface area contributed by atoms with Gasteiger partial charge >= 0.3 is 5.97 Å². The van der Waals surface area contributed by atoms with Crippen molar-refractivity contribution >= 4 is 5.97 Å². The third kappa shape index (κ3) is 2.94. The van der Waals surface area contributed by atoms with Gasteiger partial charge in [0.15, 0.2) is 0 Å². The summed E-state index contributed by atoms with van der Waals surface area (Å²) in [7, 11) is 0. The van der Waals surface area contributed by atoms with Crippen molar-refractivity contribution < 1.29 is 19.2 Å². The topological polar surface area (TPSA) is 85.5 Å². The number of carboxylic acids is 1. The summed E-state index contributed by atoms with van der Waals surface area (Å²) in [5.74, 6) is -0.409. The van der Waals surface area contributed by atoms with Crippen molar-refractivity contribution in [1.29, 1.82) is 0 Å². The van der Waals surface area contributed by atoms with Gasteiger partial charge in [-0.05, 0) is 18.8 Å². The van der Waals surface area contributed by atoms with Gasteiger partial charge in [0, 0.05) is 6.61 Å². The summed E-state index contributed by atoms with van der Waals surface area (Å²) in [5, 5.41) is 12.9. The van der Waals surface area contributed by atoms with E-state index >= 15 is 0 Å². The molecule has 0 aliphatic heterocycles. The van der Waals surface area contributed by atoms with Gasteiger partial charge in [0.2, 0.25) is 11.7 Å². The Balaban J connectivity index is 2.14. The molecule has 3 unspecified atom stereocenters. The van der Waals surface area contributed by atoms with Crippen molar-refractivity contribution in [3.8, 4) is 0 Å². The van der Waals surface area contributed by atoms with Gasteiger partial charge in [-0.25, -0.2) is 0 Å². The molecule has 106 valence electrons. The Kier molecular flexibility index (Phi) is 3.62. The van der Waals surface area contributed by atoms with Gasteiger partial charge < -0.3 is 14.4 Å². The molecule has 1 heterocycles. The Hall–Kier alpha value is -1.43. The number of ether oxygens (including phenoxy) is 1. The monoisotopic (exact) mass is 268 g/mol. The van der Waals surface area contributed by atoms with Crippen LogP contribution >= 0.6 is 0 Å². The predicted molar refractivity (Wildman–Crippen MR) is 66.6 cm³/mol. The van der Waals surface area contributed by atoms with E-state index in [1.165, 1.54) is 0 Å². The van der Waals surface area contributed by atoms with Crippen LogP contribution in [0.5, 0.6) is 0 Å². The zero-order chi connectivity index (χ0) is 14.2. The second-order valence-corrected chi connectivity index (χ2v) is 5.98. The van der Waals surface area contributed by atoms with Crippen LogP contribution in [0.15, 0.2) is 4.52 Å². The molecule has 6 nitrogen and oxygen atoms in total. The third-order valence-corrected chi connectivity index (χ3v) is 3.24. The Bertz CT molecular complexity index is 463. The molecule has 1 aromatic rings. The predicted octanol–water partition coefficient (Wildman–Crippen LogP) is 2.38. The summed E-state index contributed by atoms with van der Waals surface area (Å²) in [6.45, 7) is 8.61. The van der Waals surface area contributed by atoms with Gasteiger partial charge in [0.1, 0.15) is 6.10 Å². The van der Waals surface area contributed by atoms with E-state index in [2.05, 4.69) is 10.1 Å². The second-order valence-electron chi connectivity index (χ2n) is 5.98. The Morgan fingerprint density at radius 3 is 2.74 bits per heavy atom. The van der Waals surface area contributed by atoms with E-state index < -0.39 is 5.97 Å². The molecule has 0 radical (unpaired) electrons. The summed E-state index contributed by atoms with van der Waals surface area (Å²) in [6, 6.07) is 0.